The molecule has 1 aliphatic rings. The van der Waals surface area contributed by atoms with Crippen LogP contribution in [0.2, 0.25) is 0 Å². The molecule has 22 heavy (non-hydrogen) atoms. The Bertz CT molecular complexity index is 756. The highest BCUT2D eigenvalue weighted by molar-refractivity contribution is 7.14. The molecular weight excluding hydrogens is 294 g/mol. The summed E-state index contributed by atoms with van der Waals surface area (Å²) < 4.78 is 1.89. The van der Waals surface area contributed by atoms with Crippen molar-refractivity contribution in [3.63, 3.8) is 0 Å². The monoisotopic (exact) mass is 313 g/mol. The van der Waals surface area contributed by atoms with Gasteiger partial charge in [-0.2, -0.15) is 5.10 Å². The van der Waals surface area contributed by atoms with Crippen molar-refractivity contribution in [3.8, 4) is 0 Å². The molecule has 1 N–H and O–H groups in total. The third-order valence-electron chi connectivity index (χ3n) is 4.17. The van der Waals surface area contributed by atoms with Gasteiger partial charge in [-0.3, -0.25) is 0 Å². The largest absolute Gasteiger partial charge is 0.365 e. The van der Waals surface area contributed by atoms with E-state index >= 15 is 0 Å². The highest BCUT2D eigenvalue weighted by Gasteiger charge is 2.20. The number of aromatic nitrogens is 3. The van der Waals surface area contributed by atoms with Gasteiger partial charge in [0.05, 0.1) is 10.7 Å². The van der Waals surface area contributed by atoms with Gasteiger partial charge in [0.25, 0.3) is 0 Å². The van der Waals surface area contributed by atoms with E-state index in [1.165, 1.54) is 5.00 Å². The molecule has 0 radical (unpaired) electrons. The van der Waals surface area contributed by atoms with Crippen LogP contribution in [-0.4, -0.2) is 33.7 Å². The van der Waals surface area contributed by atoms with Gasteiger partial charge >= 0.3 is 0 Å². The molecule has 4 heterocycles. The summed E-state index contributed by atoms with van der Waals surface area (Å²) in [6.45, 7) is 4.20. The van der Waals surface area contributed by atoms with E-state index in [1.54, 1.807) is 0 Å². The minimum absolute atomic E-state index is 0.477. The van der Waals surface area contributed by atoms with Gasteiger partial charge in [-0.15, -0.1) is 11.3 Å². The summed E-state index contributed by atoms with van der Waals surface area (Å²) in [6, 6.07) is 6.88. The molecule has 3 aromatic rings. The van der Waals surface area contributed by atoms with Gasteiger partial charge < -0.3 is 10.2 Å². The molecule has 5 nitrogen and oxygen atoms in total. The SMILES string of the molecule is Cc1cc2c(NC3CCN(c4cccs4)CC3)nccn2n1. The number of fused-ring (bicyclic) bond motifs is 1. The second-order valence-corrected chi connectivity index (χ2v) is 6.67. The van der Waals surface area contributed by atoms with Gasteiger partial charge in [-0.25, -0.2) is 9.50 Å². The van der Waals surface area contributed by atoms with Gasteiger partial charge in [-0.1, -0.05) is 0 Å². The van der Waals surface area contributed by atoms with Crippen LogP contribution >= 0.6 is 11.3 Å². The predicted octanol–water partition coefficient (Wildman–Crippen LogP) is 3.18. The highest BCUT2D eigenvalue weighted by atomic mass is 32.1. The Morgan fingerprint density at radius 3 is 2.95 bits per heavy atom. The van der Waals surface area contributed by atoms with Crippen molar-refractivity contribution in [3.05, 3.63) is 41.7 Å². The molecule has 0 spiro atoms. The number of nitrogens with zero attached hydrogens (tertiary/aromatic N) is 4. The third-order valence-corrected chi connectivity index (χ3v) is 5.09. The first-order valence-corrected chi connectivity index (χ1v) is 8.53. The lowest BCUT2D eigenvalue weighted by molar-refractivity contribution is 0.527. The lowest BCUT2D eigenvalue weighted by Gasteiger charge is -2.33. The number of nitrogens with one attached hydrogen (secondary N) is 1. The van der Waals surface area contributed by atoms with Crippen molar-refractivity contribution in [2.75, 3.05) is 23.3 Å². The summed E-state index contributed by atoms with van der Waals surface area (Å²) >= 11 is 1.82. The average molecular weight is 313 g/mol. The van der Waals surface area contributed by atoms with E-state index in [0.29, 0.717) is 6.04 Å². The number of anilines is 2. The van der Waals surface area contributed by atoms with Crippen LogP contribution in [0.1, 0.15) is 18.5 Å². The second-order valence-electron chi connectivity index (χ2n) is 5.75. The van der Waals surface area contributed by atoms with E-state index < -0.39 is 0 Å². The number of aryl methyl sites for hydroxylation is 1. The van der Waals surface area contributed by atoms with Crippen molar-refractivity contribution in [1.82, 2.24) is 14.6 Å². The van der Waals surface area contributed by atoms with Gasteiger partial charge in [0.2, 0.25) is 0 Å². The summed E-state index contributed by atoms with van der Waals surface area (Å²) in [5, 5.41) is 11.6. The van der Waals surface area contributed by atoms with Crippen LogP contribution in [0.3, 0.4) is 0 Å². The average Bonchev–Trinajstić information content (AvgIpc) is 3.17. The number of thiophene rings is 1. The lowest BCUT2D eigenvalue weighted by Crippen LogP contribution is -2.39. The van der Waals surface area contributed by atoms with Crippen LogP contribution in [0.5, 0.6) is 0 Å². The Morgan fingerprint density at radius 2 is 2.18 bits per heavy atom. The lowest BCUT2D eigenvalue weighted by atomic mass is 10.1. The van der Waals surface area contributed by atoms with Crippen LogP contribution in [-0.2, 0) is 0 Å². The maximum atomic E-state index is 4.50. The molecule has 0 bridgehead atoms. The minimum atomic E-state index is 0.477. The quantitative estimate of drug-likeness (QED) is 0.806. The zero-order valence-corrected chi connectivity index (χ0v) is 13.4. The minimum Gasteiger partial charge on any atom is -0.365 e. The summed E-state index contributed by atoms with van der Waals surface area (Å²) in [5.41, 5.74) is 2.07. The van der Waals surface area contributed by atoms with E-state index in [9.17, 15) is 0 Å². The molecule has 0 atom stereocenters. The van der Waals surface area contributed by atoms with Crippen molar-refractivity contribution in [2.24, 2.45) is 0 Å². The number of hydrogen-bond acceptors (Lipinski definition) is 5. The van der Waals surface area contributed by atoms with Gasteiger partial charge in [0.1, 0.15) is 5.52 Å². The molecule has 0 unspecified atom stereocenters. The Balaban J connectivity index is 1.46. The first kappa shape index (κ1) is 13.6. The fourth-order valence-electron chi connectivity index (χ4n) is 3.04. The molecule has 6 heteroatoms. The van der Waals surface area contributed by atoms with Crippen LogP contribution in [0.15, 0.2) is 36.0 Å². The summed E-state index contributed by atoms with van der Waals surface area (Å²) in [5.74, 6) is 0.942. The van der Waals surface area contributed by atoms with E-state index in [1.807, 2.05) is 35.2 Å². The van der Waals surface area contributed by atoms with E-state index in [0.717, 1.165) is 43.0 Å². The molecule has 0 amide bonds. The highest BCUT2D eigenvalue weighted by Crippen LogP contribution is 2.26. The number of piperidine rings is 1. The second kappa shape index (κ2) is 5.61. The Morgan fingerprint density at radius 1 is 1.32 bits per heavy atom. The molecule has 1 aliphatic heterocycles. The van der Waals surface area contributed by atoms with Crippen LogP contribution < -0.4 is 10.2 Å². The van der Waals surface area contributed by atoms with E-state index in [-0.39, 0.29) is 0 Å². The molecule has 0 aromatic carbocycles. The van der Waals surface area contributed by atoms with Crippen molar-refractivity contribution < 1.29 is 0 Å². The summed E-state index contributed by atoms with van der Waals surface area (Å²) in [6.07, 6.45) is 5.97. The molecule has 0 aliphatic carbocycles. The first-order chi connectivity index (χ1) is 10.8. The maximum absolute atomic E-state index is 4.50. The third kappa shape index (κ3) is 2.54. The van der Waals surface area contributed by atoms with Crippen LogP contribution in [0, 0.1) is 6.92 Å². The molecule has 0 saturated carbocycles. The predicted molar refractivity (Wildman–Crippen MR) is 90.9 cm³/mol. The van der Waals surface area contributed by atoms with Gasteiger partial charge in [-0.05, 0) is 43.3 Å². The van der Waals surface area contributed by atoms with E-state index in [2.05, 4.69) is 43.9 Å². The molecule has 1 saturated heterocycles. The fraction of sp³-hybridized carbons (Fsp3) is 0.375. The van der Waals surface area contributed by atoms with E-state index in [4.69, 9.17) is 0 Å². The summed E-state index contributed by atoms with van der Waals surface area (Å²) in [7, 11) is 0. The maximum Gasteiger partial charge on any atom is 0.152 e. The standard InChI is InChI=1S/C16H19N5S/c1-12-11-14-16(17-6-9-21(14)19-12)18-13-4-7-20(8-5-13)15-3-2-10-22-15/h2-3,6,9-11,13H,4-5,7-8H2,1H3,(H,17,18). The number of rotatable bonds is 3. The van der Waals surface area contributed by atoms with Crippen LogP contribution in [0.25, 0.3) is 5.52 Å². The molecule has 114 valence electrons. The first-order valence-electron chi connectivity index (χ1n) is 7.65. The normalized spacial score (nSPS) is 16.3. The molecule has 4 rings (SSSR count). The van der Waals surface area contributed by atoms with Crippen LogP contribution in [0.4, 0.5) is 10.8 Å². The Hall–Kier alpha value is -2.08. The fourth-order valence-corrected chi connectivity index (χ4v) is 3.83. The molecule has 3 aromatic heterocycles. The number of hydrogen-bond donors (Lipinski definition) is 1. The Kier molecular flexibility index (Phi) is 3.46. The van der Waals surface area contributed by atoms with Crippen molar-refractivity contribution in [2.45, 2.75) is 25.8 Å². The topological polar surface area (TPSA) is 45.5 Å². The van der Waals surface area contributed by atoms with Gasteiger partial charge in [0, 0.05) is 31.5 Å². The zero-order valence-electron chi connectivity index (χ0n) is 12.6. The Labute approximate surface area is 133 Å². The summed E-state index contributed by atoms with van der Waals surface area (Å²) in [4.78, 5) is 6.97. The van der Waals surface area contributed by atoms with Gasteiger partial charge in [0.15, 0.2) is 5.82 Å². The van der Waals surface area contributed by atoms with Crippen molar-refractivity contribution in [1.29, 1.82) is 0 Å². The molecular formula is C16H19N5S. The van der Waals surface area contributed by atoms with Crippen molar-refractivity contribution >= 4 is 27.7 Å². The smallest absolute Gasteiger partial charge is 0.152 e. The zero-order chi connectivity index (χ0) is 14.9. The molecule has 1 fully saturated rings.